The summed E-state index contributed by atoms with van der Waals surface area (Å²) >= 11 is 6.07. The Hall–Kier alpha value is -1.66. The molecule has 0 radical (unpaired) electrons. The van der Waals surface area contributed by atoms with Gasteiger partial charge in [-0.15, -0.1) is 0 Å². The number of pyridine rings is 1. The third-order valence-electron chi connectivity index (χ3n) is 6.71. The molecule has 27 heavy (non-hydrogen) atoms. The maximum Gasteiger partial charge on any atom is 0.229 e. The standard InChI is InChI=1S/C20H25ClN4O2/c1-11-14-9-13(10-15(11)14)27-8-7-18(26)24-20-22-16-5-6-17(21)23-19(16)25(20)12-3-2-4-12/h5-6,11-15H,2-4,7-10H2,1H3,(H,22,24,26)/t11?,13?,14-,15+. The minimum atomic E-state index is -0.0616. The Labute approximate surface area is 163 Å². The molecule has 4 atom stereocenters. The molecule has 3 aliphatic carbocycles. The minimum absolute atomic E-state index is 0.0616. The van der Waals surface area contributed by atoms with Gasteiger partial charge >= 0.3 is 0 Å². The van der Waals surface area contributed by atoms with Crippen LogP contribution in [-0.4, -0.2) is 33.2 Å². The number of imidazole rings is 1. The fraction of sp³-hybridized carbons (Fsp3) is 0.650. The number of nitrogens with one attached hydrogen (secondary N) is 1. The maximum atomic E-state index is 12.4. The Kier molecular flexibility index (Phi) is 4.36. The molecular weight excluding hydrogens is 364 g/mol. The summed E-state index contributed by atoms with van der Waals surface area (Å²) in [5.74, 6) is 3.13. The Morgan fingerprint density at radius 3 is 2.78 bits per heavy atom. The van der Waals surface area contributed by atoms with Gasteiger partial charge in [0.1, 0.15) is 10.7 Å². The van der Waals surface area contributed by atoms with Gasteiger partial charge in [-0.2, -0.15) is 0 Å². The quantitative estimate of drug-likeness (QED) is 0.753. The van der Waals surface area contributed by atoms with Crippen molar-refractivity contribution in [2.24, 2.45) is 17.8 Å². The van der Waals surface area contributed by atoms with Crippen molar-refractivity contribution in [1.29, 1.82) is 0 Å². The van der Waals surface area contributed by atoms with Gasteiger partial charge in [0.25, 0.3) is 0 Å². The highest BCUT2D eigenvalue weighted by Gasteiger charge is 2.53. The molecule has 5 rings (SSSR count). The van der Waals surface area contributed by atoms with Gasteiger partial charge in [0.15, 0.2) is 5.65 Å². The van der Waals surface area contributed by atoms with Crippen LogP contribution in [0.4, 0.5) is 5.95 Å². The molecule has 0 spiro atoms. The summed E-state index contributed by atoms with van der Waals surface area (Å²) in [6, 6.07) is 3.92. The van der Waals surface area contributed by atoms with Gasteiger partial charge in [0.05, 0.1) is 19.1 Å². The van der Waals surface area contributed by atoms with Gasteiger partial charge in [0.2, 0.25) is 11.9 Å². The average Bonchev–Trinajstić information content (AvgIpc) is 2.96. The van der Waals surface area contributed by atoms with Gasteiger partial charge in [-0.25, -0.2) is 9.97 Å². The summed E-state index contributed by atoms with van der Waals surface area (Å²) in [6.07, 6.45) is 6.36. The normalized spacial score (nSPS) is 29.6. The average molecular weight is 389 g/mol. The summed E-state index contributed by atoms with van der Waals surface area (Å²) < 4.78 is 7.96. The topological polar surface area (TPSA) is 69.0 Å². The number of hydrogen-bond acceptors (Lipinski definition) is 4. The van der Waals surface area contributed by atoms with Gasteiger partial charge in [-0.1, -0.05) is 18.5 Å². The van der Waals surface area contributed by atoms with E-state index in [1.54, 1.807) is 6.07 Å². The summed E-state index contributed by atoms with van der Waals surface area (Å²) in [7, 11) is 0. The van der Waals surface area contributed by atoms with E-state index >= 15 is 0 Å². The van der Waals surface area contributed by atoms with Crippen LogP contribution in [0.15, 0.2) is 12.1 Å². The van der Waals surface area contributed by atoms with Crippen LogP contribution >= 0.6 is 11.6 Å². The predicted molar refractivity (Wildman–Crippen MR) is 104 cm³/mol. The Morgan fingerprint density at radius 1 is 1.30 bits per heavy atom. The zero-order valence-electron chi connectivity index (χ0n) is 15.5. The van der Waals surface area contributed by atoms with Crippen LogP contribution in [0.25, 0.3) is 11.2 Å². The van der Waals surface area contributed by atoms with Crippen molar-refractivity contribution in [3.05, 3.63) is 17.3 Å². The molecule has 3 fully saturated rings. The van der Waals surface area contributed by atoms with Crippen LogP contribution in [0.5, 0.6) is 0 Å². The number of fused-ring (bicyclic) bond motifs is 2. The number of hydrogen-bond donors (Lipinski definition) is 1. The summed E-state index contributed by atoms with van der Waals surface area (Å²) in [5.41, 5.74) is 1.51. The molecule has 2 aromatic heterocycles. The van der Waals surface area contributed by atoms with Crippen molar-refractivity contribution >= 4 is 34.6 Å². The van der Waals surface area contributed by atoms with Gasteiger partial charge in [-0.05, 0) is 62.0 Å². The van der Waals surface area contributed by atoms with Gasteiger partial charge < -0.3 is 4.74 Å². The fourth-order valence-electron chi connectivity index (χ4n) is 4.79. The lowest BCUT2D eigenvalue weighted by atomic mass is 9.93. The first-order valence-electron chi connectivity index (χ1n) is 10.1. The van der Waals surface area contributed by atoms with Crippen molar-refractivity contribution < 1.29 is 9.53 Å². The van der Waals surface area contributed by atoms with Crippen molar-refractivity contribution in [2.45, 2.75) is 57.6 Å². The monoisotopic (exact) mass is 388 g/mol. The zero-order chi connectivity index (χ0) is 18.5. The zero-order valence-corrected chi connectivity index (χ0v) is 16.3. The molecule has 1 amide bonds. The molecule has 3 saturated carbocycles. The van der Waals surface area contributed by atoms with Gasteiger partial charge in [0, 0.05) is 6.04 Å². The molecular formula is C20H25ClN4O2. The first-order valence-corrected chi connectivity index (χ1v) is 10.4. The SMILES string of the molecule is CC1[C@H]2CC(OCCC(=O)Nc3nc4ccc(Cl)nc4n3C3CCC3)C[C@@H]12. The largest absolute Gasteiger partial charge is 0.378 e. The molecule has 1 N–H and O–H groups in total. The lowest BCUT2D eigenvalue weighted by Crippen LogP contribution is -2.23. The molecule has 6 nitrogen and oxygen atoms in total. The molecule has 0 aliphatic heterocycles. The second-order valence-electron chi connectivity index (χ2n) is 8.32. The lowest BCUT2D eigenvalue weighted by Gasteiger charge is -2.28. The molecule has 2 heterocycles. The van der Waals surface area contributed by atoms with Crippen molar-refractivity contribution in [1.82, 2.24) is 14.5 Å². The molecule has 0 bridgehead atoms. The Bertz CT molecular complexity index is 866. The van der Waals surface area contributed by atoms with Crippen LogP contribution in [0, 0.1) is 17.8 Å². The lowest BCUT2D eigenvalue weighted by molar-refractivity contribution is -0.117. The highest BCUT2D eigenvalue weighted by Crippen LogP contribution is 2.57. The van der Waals surface area contributed by atoms with Crippen LogP contribution in [-0.2, 0) is 9.53 Å². The van der Waals surface area contributed by atoms with Crippen LogP contribution in [0.2, 0.25) is 5.15 Å². The van der Waals surface area contributed by atoms with E-state index in [1.165, 1.54) is 6.42 Å². The van der Waals surface area contributed by atoms with Crippen LogP contribution < -0.4 is 5.32 Å². The number of ether oxygens (including phenoxy) is 1. The number of halogens is 1. The number of carbonyl (C=O) groups is 1. The van der Waals surface area contributed by atoms with Crippen molar-refractivity contribution in [2.75, 3.05) is 11.9 Å². The maximum absolute atomic E-state index is 12.4. The summed E-state index contributed by atoms with van der Waals surface area (Å²) in [6.45, 7) is 2.80. The first kappa shape index (κ1) is 17.4. The predicted octanol–water partition coefficient (Wildman–Crippen LogP) is 4.20. The Balaban J connectivity index is 1.22. The van der Waals surface area contributed by atoms with E-state index < -0.39 is 0 Å². The molecule has 7 heteroatoms. The minimum Gasteiger partial charge on any atom is -0.378 e. The second-order valence-corrected chi connectivity index (χ2v) is 8.70. The van der Waals surface area contributed by atoms with Crippen LogP contribution in [0.3, 0.4) is 0 Å². The molecule has 2 aromatic rings. The number of nitrogens with zero attached hydrogens (tertiary/aromatic N) is 3. The van der Waals surface area contributed by atoms with E-state index in [0.29, 0.717) is 36.3 Å². The number of rotatable bonds is 6. The van der Waals surface area contributed by atoms with E-state index in [2.05, 4.69) is 22.2 Å². The van der Waals surface area contributed by atoms with E-state index in [4.69, 9.17) is 16.3 Å². The number of carbonyl (C=O) groups excluding carboxylic acids is 1. The van der Waals surface area contributed by atoms with E-state index in [0.717, 1.165) is 54.6 Å². The third-order valence-corrected chi connectivity index (χ3v) is 6.92. The van der Waals surface area contributed by atoms with Crippen molar-refractivity contribution in [3.63, 3.8) is 0 Å². The number of anilines is 1. The van der Waals surface area contributed by atoms with E-state index in [1.807, 2.05) is 10.6 Å². The molecule has 0 saturated heterocycles. The summed E-state index contributed by atoms with van der Waals surface area (Å²) in [5, 5.41) is 3.41. The van der Waals surface area contributed by atoms with E-state index in [9.17, 15) is 4.79 Å². The highest BCUT2D eigenvalue weighted by atomic mass is 35.5. The third kappa shape index (κ3) is 3.23. The first-order chi connectivity index (χ1) is 13.1. The molecule has 144 valence electrons. The number of amides is 1. The van der Waals surface area contributed by atoms with Crippen LogP contribution in [0.1, 0.15) is 51.5 Å². The number of aromatic nitrogens is 3. The molecule has 3 aliphatic rings. The van der Waals surface area contributed by atoms with Gasteiger partial charge in [-0.3, -0.25) is 14.7 Å². The molecule has 2 unspecified atom stereocenters. The Morgan fingerprint density at radius 2 is 2.07 bits per heavy atom. The van der Waals surface area contributed by atoms with E-state index in [-0.39, 0.29) is 5.91 Å². The second kappa shape index (κ2) is 6.74. The summed E-state index contributed by atoms with van der Waals surface area (Å²) in [4.78, 5) is 21.4. The molecule has 0 aromatic carbocycles. The highest BCUT2D eigenvalue weighted by molar-refractivity contribution is 6.29. The smallest absolute Gasteiger partial charge is 0.229 e. The fourth-order valence-corrected chi connectivity index (χ4v) is 4.93. The van der Waals surface area contributed by atoms with Crippen molar-refractivity contribution in [3.8, 4) is 0 Å².